The summed E-state index contributed by atoms with van der Waals surface area (Å²) in [4.78, 5) is 2.58. The molecule has 0 bridgehead atoms. The van der Waals surface area contributed by atoms with Crippen molar-refractivity contribution >= 4 is 0 Å². The van der Waals surface area contributed by atoms with E-state index in [4.69, 9.17) is 4.74 Å². The minimum atomic E-state index is 0.731. The molecule has 0 radical (unpaired) electrons. The fourth-order valence-corrected chi connectivity index (χ4v) is 4.84. The van der Waals surface area contributed by atoms with Crippen LogP contribution in [0.15, 0.2) is 18.2 Å². The van der Waals surface area contributed by atoms with Crippen molar-refractivity contribution in [2.24, 2.45) is 0 Å². The van der Waals surface area contributed by atoms with E-state index in [2.05, 4.69) is 30.1 Å². The lowest BCUT2D eigenvalue weighted by molar-refractivity contribution is 0.0853. The summed E-state index contributed by atoms with van der Waals surface area (Å²) in [6.45, 7) is 3.18. The predicted octanol–water partition coefficient (Wildman–Crippen LogP) is 4.09. The third-order valence-electron chi connectivity index (χ3n) is 6.29. The van der Waals surface area contributed by atoms with Crippen molar-refractivity contribution in [1.29, 1.82) is 0 Å². The van der Waals surface area contributed by atoms with Gasteiger partial charge >= 0.3 is 0 Å². The van der Waals surface area contributed by atoms with E-state index in [0.29, 0.717) is 0 Å². The van der Waals surface area contributed by atoms with Gasteiger partial charge in [-0.25, -0.2) is 0 Å². The van der Waals surface area contributed by atoms with Gasteiger partial charge in [-0.3, -0.25) is 0 Å². The Bertz CT molecular complexity index is 520. The van der Waals surface area contributed by atoms with Gasteiger partial charge in [0.1, 0.15) is 0 Å². The largest absolute Gasteiger partial charge is 0.381 e. The monoisotopic (exact) mass is 299 g/mol. The summed E-state index contributed by atoms with van der Waals surface area (Å²) in [5, 5.41) is 0. The van der Waals surface area contributed by atoms with Crippen LogP contribution in [0.4, 0.5) is 0 Å². The third-order valence-corrected chi connectivity index (χ3v) is 6.29. The minimum absolute atomic E-state index is 0.731. The zero-order valence-corrected chi connectivity index (χ0v) is 13.9. The number of rotatable bonds is 3. The van der Waals surface area contributed by atoms with Crippen LogP contribution in [0.1, 0.15) is 67.1 Å². The van der Waals surface area contributed by atoms with Gasteiger partial charge in [-0.1, -0.05) is 18.2 Å². The van der Waals surface area contributed by atoms with Crippen molar-refractivity contribution < 1.29 is 4.74 Å². The first kappa shape index (κ1) is 14.7. The van der Waals surface area contributed by atoms with E-state index >= 15 is 0 Å². The van der Waals surface area contributed by atoms with Crippen LogP contribution in [0.25, 0.3) is 0 Å². The third kappa shape index (κ3) is 2.83. The molecular weight excluding hydrogens is 270 g/mol. The van der Waals surface area contributed by atoms with Crippen molar-refractivity contribution in [3.05, 3.63) is 34.9 Å². The Morgan fingerprint density at radius 2 is 2.00 bits per heavy atom. The number of hydrogen-bond donors (Lipinski definition) is 0. The topological polar surface area (TPSA) is 12.5 Å². The molecule has 2 atom stereocenters. The van der Waals surface area contributed by atoms with Crippen LogP contribution in [0.5, 0.6) is 0 Å². The highest BCUT2D eigenvalue weighted by Gasteiger charge is 2.30. The van der Waals surface area contributed by atoms with Crippen molar-refractivity contribution in [1.82, 2.24) is 4.90 Å². The highest BCUT2D eigenvalue weighted by Crippen LogP contribution is 2.40. The van der Waals surface area contributed by atoms with Gasteiger partial charge in [0.05, 0.1) is 0 Å². The van der Waals surface area contributed by atoms with Gasteiger partial charge in [-0.05, 0) is 87.1 Å². The zero-order valence-electron chi connectivity index (χ0n) is 13.9. The molecule has 0 N–H and O–H groups in total. The molecule has 2 heteroatoms. The average Bonchev–Trinajstić information content (AvgIpc) is 3.15. The van der Waals surface area contributed by atoms with Crippen LogP contribution in [-0.2, 0) is 11.2 Å². The lowest BCUT2D eigenvalue weighted by atomic mass is 9.87. The fraction of sp³-hybridized carbons (Fsp3) is 0.700. The van der Waals surface area contributed by atoms with E-state index in [0.717, 1.165) is 31.1 Å². The summed E-state index contributed by atoms with van der Waals surface area (Å²) in [6, 6.07) is 8.22. The second kappa shape index (κ2) is 6.33. The highest BCUT2D eigenvalue weighted by atomic mass is 16.5. The summed E-state index contributed by atoms with van der Waals surface area (Å²) in [5.41, 5.74) is 4.89. The second-order valence-electron chi connectivity index (χ2n) is 7.59. The first-order valence-corrected chi connectivity index (χ1v) is 9.22. The summed E-state index contributed by atoms with van der Waals surface area (Å²) >= 11 is 0. The van der Waals surface area contributed by atoms with Crippen LogP contribution >= 0.6 is 0 Å². The first-order chi connectivity index (χ1) is 10.8. The average molecular weight is 299 g/mol. The molecule has 120 valence electrons. The molecular formula is C20H29NO. The SMILES string of the molecule is CN1CCC[C@@H]1CC1CCc2ccc(C3CCOCC3)cc21. The van der Waals surface area contributed by atoms with Crippen LogP contribution in [0, 0.1) is 0 Å². The van der Waals surface area contributed by atoms with E-state index in [-0.39, 0.29) is 0 Å². The van der Waals surface area contributed by atoms with Gasteiger partial charge in [-0.15, -0.1) is 0 Å². The van der Waals surface area contributed by atoms with Gasteiger partial charge in [-0.2, -0.15) is 0 Å². The molecule has 4 rings (SSSR count). The Hall–Kier alpha value is -0.860. The first-order valence-electron chi connectivity index (χ1n) is 9.22. The maximum atomic E-state index is 5.53. The Morgan fingerprint density at radius 1 is 1.14 bits per heavy atom. The van der Waals surface area contributed by atoms with E-state index in [1.54, 1.807) is 16.7 Å². The Kier molecular flexibility index (Phi) is 4.23. The van der Waals surface area contributed by atoms with Gasteiger partial charge in [0, 0.05) is 19.3 Å². The smallest absolute Gasteiger partial charge is 0.0471 e. The van der Waals surface area contributed by atoms with E-state index in [1.807, 2.05) is 0 Å². The standard InChI is InChI=1S/C20H29NO/c1-21-10-2-3-19(21)13-18-7-5-16-4-6-17(14-20(16)18)15-8-11-22-12-9-15/h4,6,14-15,18-19H,2-3,5,7-13H2,1H3/t18?,19-/m1/s1. The van der Waals surface area contributed by atoms with Crippen molar-refractivity contribution in [3.8, 4) is 0 Å². The molecule has 2 fully saturated rings. The predicted molar refractivity (Wildman–Crippen MR) is 90.6 cm³/mol. The van der Waals surface area contributed by atoms with Gasteiger partial charge < -0.3 is 9.64 Å². The number of nitrogens with zero attached hydrogens (tertiary/aromatic N) is 1. The molecule has 0 aromatic heterocycles. The van der Waals surface area contributed by atoms with Crippen LogP contribution in [0.3, 0.4) is 0 Å². The molecule has 22 heavy (non-hydrogen) atoms. The van der Waals surface area contributed by atoms with Crippen molar-refractivity contribution in [2.75, 3.05) is 26.8 Å². The van der Waals surface area contributed by atoms with Gasteiger partial charge in [0.25, 0.3) is 0 Å². The second-order valence-corrected chi connectivity index (χ2v) is 7.59. The highest BCUT2D eigenvalue weighted by molar-refractivity contribution is 5.40. The molecule has 2 nitrogen and oxygen atoms in total. The van der Waals surface area contributed by atoms with Gasteiger partial charge in [0.15, 0.2) is 0 Å². The molecule has 1 aromatic carbocycles. The summed E-state index contributed by atoms with van der Waals surface area (Å²) in [6.07, 6.45) is 9.25. The van der Waals surface area contributed by atoms with Crippen LogP contribution in [0.2, 0.25) is 0 Å². The molecule has 2 heterocycles. The minimum Gasteiger partial charge on any atom is -0.381 e. The molecule has 0 amide bonds. The Balaban J connectivity index is 1.52. The Labute approximate surface area is 134 Å². The number of fused-ring (bicyclic) bond motifs is 1. The van der Waals surface area contributed by atoms with E-state index < -0.39 is 0 Å². The van der Waals surface area contributed by atoms with Crippen molar-refractivity contribution in [2.45, 2.75) is 62.8 Å². The van der Waals surface area contributed by atoms with Gasteiger partial charge in [0.2, 0.25) is 0 Å². The number of aryl methyl sites for hydroxylation is 1. The lowest BCUT2D eigenvalue weighted by Gasteiger charge is -2.25. The van der Waals surface area contributed by atoms with Crippen molar-refractivity contribution in [3.63, 3.8) is 0 Å². The van der Waals surface area contributed by atoms with E-state index in [1.165, 1.54) is 51.5 Å². The van der Waals surface area contributed by atoms with E-state index in [9.17, 15) is 0 Å². The molecule has 0 spiro atoms. The summed E-state index contributed by atoms with van der Waals surface area (Å²) in [5.74, 6) is 1.54. The number of ether oxygens (including phenoxy) is 1. The molecule has 0 saturated carbocycles. The number of benzene rings is 1. The fourth-order valence-electron chi connectivity index (χ4n) is 4.84. The summed E-state index contributed by atoms with van der Waals surface area (Å²) in [7, 11) is 2.31. The molecule has 1 aromatic rings. The molecule has 1 unspecified atom stereocenters. The molecule has 2 aliphatic heterocycles. The number of hydrogen-bond acceptors (Lipinski definition) is 2. The number of likely N-dealkylation sites (tertiary alicyclic amines) is 1. The maximum Gasteiger partial charge on any atom is 0.0471 e. The molecule has 3 aliphatic rings. The summed E-state index contributed by atoms with van der Waals surface area (Å²) < 4.78 is 5.53. The maximum absolute atomic E-state index is 5.53. The lowest BCUT2D eigenvalue weighted by Crippen LogP contribution is -2.26. The van der Waals surface area contributed by atoms with Crippen LogP contribution in [-0.4, -0.2) is 37.7 Å². The normalized spacial score (nSPS) is 29.9. The van der Waals surface area contributed by atoms with Crippen LogP contribution < -0.4 is 0 Å². The zero-order chi connectivity index (χ0) is 14.9. The quantitative estimate of drug-likeness (QED) is 0.833. The molecule has 1 aliphatic carbocycles. The Morgan fingerprint density at radius 3 is 2.77 bits per heavy atom. The molecule has 2 saturated heterocycles.